The van der Waals surface area contributed by atoms with E-state index in [4.69, 9.17) is 11.5 Å². The molecule has 0 rings (SSSR count). The number of hydrogen-bond acceptors (Lipinski definition) is 2. The minimum absolute atomic E-state index is 0.475. The highest BCUT2D eigenvalue weighted by Crippen LogP contribution is 2.00. The van der Waals surface area contributed by atoms with Crippen molar-refractivity contribution in [1.29, 1.82) is 0 Å². The van der Waals surface area contributed by atoms with Gasteiger partial charge >= 0.3 is 0 Å². The lowest BCUT2D eigenvalue weighted by Gasteiger charge is -2.16. The first-order valence-electron chi connectivity index (χ1n) is 2.45. The van der Waals surface area contributed by atoms with Gasteiger partial charge in [-0.15, -0.1) is 0 Å². The predicted molar refractivity (Wildman–Crippen MR) is 31.8 cm³/mol. The molecule has 0 aliphatic carbocycles. The molecule has 1 unspecified atom stereocenters. The molecule has 0 fully saturated rings. The number of carbonyl (C=O) groups is 1. The highest BCUT2D eigenvalue weighted by molar-refractivity contribution is 5.85. The van der Waals surface area contributed by atoms with E-state index in [-0.39, 0.29) is 0 Å². The molecule has 0 aromatic rings. The summed E-state index contributed by atoms with van der Waals surface area (Å²) in [5, 5.41) is 0. The predicted octanol–water partition coefficient (Wildman–Crippen LogP) is -0.587. The molecule has 47 valence electrons. The summed E-state index contributed by atoms with van der Waals surface area (Å²) in [7, 11) is 0. The maximum Gasteiger partial charge on any atom is 0.237 e. The molecule has 0 aliphatic rings. The maximum atomic E-state index is 10.3. The van der Waals surface area contributed by atoms with Crippen LogP contribution in [-0.4, -0.2) is 11.4 Å². The Kier molecular flexibility index (Phi) is 1.98. The fourth-order valence-corrected chi connectivity index (χ4v) is 0.174. The number of nitrogens with two attached hydrogens (primary N) is 2. The molecule has 3 heteroatoms. The highest BCUT2D eigenvalue weighted by Gasteiger charge is 2.22. The topological polar surface area (TPSA) is 69.1 Å². The van der Waals surface area contributed by atoms with Crippen LogP contribution in [0.3, 0.4) is 0 Å². The van der Waals surface area contributed by atoms with E-state index in [1.165, 1.54) is 0 Å². The first-order chi connectivity index (χ1) is 3.50. The summed E-state index contributed by atoms with van der Waals surface area (Å²) in [6, 6.07) is 0. The Balaban J connectivity index is 3.91. The third kappa shape index (κ3) is 1.50. The van der Waals surface area contributed by atoms with Crippen LogP contribution in [0.5, 0.6) is 0 Å². The molecule has 0 spiro atoms. The molecule has 0 bridgehead atoms. The summed E-state index contributed by atoms with van der Waals surface area (Å²) < 4.78 is 0. The van der Waals surface area contributed by atoms with E-state index in [9.17, 15) is 4.79 Å². The van der Waals surface area contributed by atoms with Crippen LogP contribution >= 0.6 is 0 Å². The number of rotatable bonds is 2. The van der Waals surface area contributed by atoms with Crippen molar-refractivity contribution in [2.45, 2.75) is 18.9 Å². The van der Waals surface area contributed by atoms with Crippen molar-refractivity contribution in [2.24, 2.45) is 11.5 Å². The highest BCUT2D eigenvalue weighted by atomic mass is 16.1. The first-order valence-corrected chi connectivity index (χ1v) is 2.45. The lowest BCUT2D eigenvalue weighted by molar-refractivity contribution is -0.121. The zero-order valence-electron chi connectivity index (χ0n) is 4.98. The van der Waals surface area contributed by atoms with Crippen LogP contribution in [0.15, 0.2) is 0 Å². The smallest absolute Gasteiger partial charge is 0.237 e. The van der Waals surface area contributed by atoms with Crippen LogP contribution in [-0.2, 0) is 4.79 Å². The van der Waals surface area contributed by atoms with Gasteiger partial charge in [-0.1, -0.05) is 6.92 Å². The minimum atomic E-state index is -1.07. The van der Waals surface area contributed by atoms with Crippen LogP contribution in [0.2, 0.25) is 0 Å². The summed E-state index contributed by atoms with van der Waals surface area (Å²) in [5.74, 6) is -0.556. The van der Waals surface area contributed by atoms with Gasteiger partial charge in [0.2, 0.25) is 5.91 Å². The summed E-state index contributed by atoms with van der Waals surface area (Å²) in [5.41, 5.74) is 9.06. The van der Waals surface area contributed by atoms with Crippen molar-refractivity contribution >= 4 is 5.91 Å². The molecule has 1 atom stereocenters. The number of primary amides is 1. The molecule has 8 heavy (non-hydrogen) atoms. The van der Waals surface area contributed by atoms with Crippen LogP contribution in [0.4, 0.5) is 0 Å². The molecule has 0 saturated carbocycles. The maximum absolute atomic E-state index is 10.3. The van der Waals surface area contributed by atoms with Gasteiger partial charge in [0.25, 0.3) is 0 Å². The first kappa shape index (κ1) is 7.43. The molecule has 1 radical (unpaired) electrons. The Labute approximate surface area is 49.0 Å². The second-order valence-corrected chi connectivity index (χ2v) is 1.87. The third-order valence-electron chi connectivity index (χ3n) is 1.12. The van der Waals surface area contributed by atoms with Crippen molar-refractivity contribution in [3.8, 4) is 0 Å². The fourth-order valence-electron chi connectivity index (χ4n) is 0.174. The zero-order valence-corrected chi connectivity index (χ0v) is 4.98. The van der Waals surface area contributed by atoms with Crippen LogP contribution in [0.1, 0.15) is 13.3 Å². The van der Waals surface area contributed by atoms with E-state index >= 15 is 0 Å². The summed E-state index contributed by atoms with van der Waals surface area (Å²) in [4.78, 5) is 10.3. The Bertz CT molecular complexity index is 98.6. The standard InChI is InChI=1S/C5H11N2O/c1-3-5(2,7)4(6)8/h2-3,7H2,1H3,(H2,6,8). The van der Waals surface area contributed by atoms with Crippen molar-refractivity contribution < 1.29 is 4.79 Å². The Hall–Kier alpha value is -0.570. The second-order valence-electron chi connectivity index (χ2n) is 1.87. The third-order valence-corrected chi connectivity index (χ3v) is 1.12. The minimum Gasteiger partial charge on any atom is -0.368 e. The van der Waals surface area contributed by atoms with E-state index in [0.29, 0.717) is 6.42 Å². The van der Waals surface area contributed by atoms with Gasteiger partial charge < -0.3 is 11.5 Å². The van der Waals surface area contributed by atoms with Crippen LogP contribution in [0.25, 0.3) is 0 Å². The van der Waals surface area contributed by atoms with Crippen molar-refractivity contribution in [2.75, 3.05) is 0 Å². The van der Waals surface area contributed by atoms with E-state index in [0.717, 1.165) is 0 Å². The molecule has 3 nitrogen and oxygen atoms in total. The van der Waals surface area contributed by atoms with Crippen LogP contribution < -0.4 is 11.5 Å². The lowest BCUT2D eigenvalue weighted by atomic mass is 10.0. The SMILES string of the molecule is [CH2]C(N)(CC)C(N)=O. The van der Waals surface area contributed by atoms with E-state index in [1.54, 1.807) is 6.92 Å². The number of carbonyl (C=O) groups excluding carboxylic acids is 1. The molecule has 4 N–H and O–H groups in total. The van der Waals surface area contributed by atoms with Crippen LogP contribution in [0, 0.1) is 6.92 Å². The second kappa shape index (κ2) is 2.13. The van der Waals surface area contributed by atoms with Gasteiger partial charge in [-0.3, -0.25) is 4.79 Å². The Morgan fingerprint density at radius 1 is 1.88 bits per heavy atom. The molecular weight excluding hydrogens is 104 g/mol. The summed E-state index contributed by atoms with van der Waals surface area (Å²) in [6.45, 7) is 5.15. The van der Waals surface area contributed by atoms with Crippen molar-refractivity contribution in [1.82, 2.24) is 0 Å². The van der Waals surface area contributed by atoms with E-state index in [1.807, 2.05) is 0 Å². The average molecular weight is 115 g/mol. The van der Waals surface area contributed by atoms with Gasteiger partial charge in [0.1, 0.15) is 0 Å². The van der Waals surface area contributed by atoms with Crippen molar-refractivity contribution in [3.05, 3.63) is 6.92 Å². The quantitative estimate of drug-likeness (QED) is 0.505. The van der Waals surface area contributed by atoms with Gasteiger partial charge in [-0.25, -0.2) is 0 Å². The molecule has 0 aromatic carbocycles. The largest absolute Gasteiger partial charge is 0.368 e. The molecular formula is C5H11N2O. The van der Waals surface area contributed by atoms with Gasteiger partial charge in [0.15, 0.2) is 0 Å². The van der Waals surface area contributed by atoms with Crippen molar-refractivity contribution in [3.63, 3.8) is 0 Å². The molecule has 0 heterocycles. The number of amides is 1. The summed E-state index contributed by atoms with van der Waals surface area (Å²) in [6.07, 6.45) is 0.475. The molecule has 0 aromatic heterocycles. The number of hydrogen-bond donors (Lipinski definition) is 2. The monoisotopic (exact) mass is 115 g/mol. The zero-order chi connectivity index (χ0) is 6.78. The molecule has 0 saturated heterocycles. The van der Waals surface area contributed by atoms with Gasteiger partial charge in [-0.2, -0.15) is 0 Å². The Morgan fingerprint density at radius 2 is 2.25 bits per heavy atom. The molecule has 1 amide bonds. The van der Waals surface area contributed by atoms with Gasteiger partial charge in [-0.05, 0) is 13.3 Å². The Morgan fingerprint density at radius 3 is 2.25 bits per heavy atom. The molecule has 0 aliphatic heterocycles. The normalized spacial score (nSPS) is 17.4. The van der Waals surface area contributed by atoms with E-state index < -0.39 is 11.4 Å². The average Bonchev–Trinajstić information content (AvgIpc) is 1.67. The fraction of sp³-hybridized carbons (Fsp3) is 0.600. The van der Waals surface area contributed by atoms with Gasteiger partial charge in [0, 0.05) is 0 Å². The van der Waals surface area contributed by atoms with Gasteiger partial charge in [0.05, 0.1) is 5.54 Å². The van der Waals surface area contributed by atoms with E-state index in [2.05, 4.69) is 6.92 Å². The lowest BCUT2D eigenvalue weighted by Crippen LogP contribution is -2.48. The summed E-state index contributed by atoms with van der Waals surface area (Å²) >= 11 is 0.